The Bertz CT molecular complexity index is 466. The maximum Gasteiger partial charge on any atom is 0.137 e. The predicted molar refractivity (Wildman–Crippen MR) is 83.4 cm³/mol. The van der Waals surface area contributed by atoms with E-state index >= 15 is 0 Å². The molecular formula is C17H24ClNO. The summed E-state index contributed by atoms with van der Waals surface area (Å²) in [5.74, 6) is 3.59. The Balaban J connectivity index is 1.80. The highest BCUT2D eigenvalue weighted by Gasteiger charge is 2.48. The van der Waals surface area contributed by atoms with Gasteiger partial charge in [-0.2, -0.15) is 0 Å². The highest BCUT2D eigenvalue weighted by molar-refractivity contribution is 6.32. The van der Waals surface area contributed by atoms with E-state index < -0.39 is 0 Å². The molecule has 0 spiro atoms. The quantitative estimate of drug-likeness (QED) is 0.837. The Morgan fingerprint density at radius 1 is 1.30 bits per heavy atom. The molecule has 1 aromatic carbocycles. The summed E-state index contributed by atoms with van der Waals surface area (Å²) in [6, 6.07) is 6.68. The van der Waals surface area contributed by atoms with Gasteiger partial charge >= 0.3 is 0 Å². The van der Waals surface area contributed by atoms with Gasteiger partial charge in [0.2, 0.25) is 0 Å². The molecule has 2 saturated carbocycles. The van der Waals surface area contributed by atoms with Crippen LogP contribution in [0.15, 0.2) is 18.2 Å². The summed E-state index contributed by atoms with van der Waals surface area (Å²) >= 11 is 6.15. The molecule has 2 aliphatic rings. The molecule has 2 nitrogen and oxygen atoms in total. The minimum absolute atomic E-state index is 0.453. The third kappa shape index (κ3) is 2.82. The summed E-state index contributed by atoms with van der Waals surface area (Å²) in [6.07, 6.45) is 5.41. The second-order valence-electron chi connectivity index (χ2n) is 6.31. The number of rotatable bonds is 6. The van der Waals surface area contributed by atoms with Gasteiger partial charge in [0, 0.05) is 6.04 Å². The number of methoxy groups -OCH3 is 1. The van der Waals surface area contributed by atoms with Crippen LogP contribution in [0.3, 0.4) is 0 Å². The largest absolute Gasteiger partial charge is 0.495 e. The normalized spacial score (nSPS) is 29.1. The molecule has 1 N–H and O–H groups in total. The third-order valence-corrected chi connectivity index (χ3v) is 5.21. The summed E-state index contributed by atoms with van der Waals surface area (Å²) in [7, 11) is 1.68. The van der Waals surface area contributed by atoms with Gasteiger partial charge in [0.25, 0.3) is 0 Å². The number of ether oxygens (including phenoxy) is 1. The summed E-state index contributed by atoms with van der Waals surface area (Å²) in [5.41, 5.74) is 1.33. The van der Waals surface area contributed by atoms with E-state index in [4.69, 9.17) is 16.3 Å². The second kappa shape index (κ2) is 5.95. The van der Waals surface area contributed by atoms with Crippen molar-refractivity contribution in [3.8, 4) is 5.75 Å². The first-order valence-electron chi connectivity index (χ1n) is 7.79. The minimum Gasteiger partial charge on any atom is -0.495 e. The van der Waals surface area contributed by atoms with Gasteiger partial charge in [0.15, 0.2) is 0 Å². The zero-order valence-corrected chi connectivity index (χ0v) is 13.1. The van der Waals surface area contributed by atoms with Crippen LogP contribution in [0.4, 0.5) is 0 Å². The van der Waals surface area contributed by atoms with Crippen LogP contribution in [-0.2, 0) is 0 Å². The lowest BCUT2D eigenvalue weighted by atomic mass is 9.89. The van der Waals surface area contributed by atoms with Crippen molar-refractivity contribution in [2.45, 2.75) is 38.6 Å². The van der Waals surface area contributed by atoms with Crippen molar-refractivity contribution in [1.29, 1.82) is 0 Å². The number of hydrogen-bond acceptors (Lipinski definition) is 2. The molecule has 3 unspecified atom stereocenters. The standard InChI is InChI=1S/C17H24ClNO/c1-3-6-19-17(14-8-12-7-13(12)9-14)11-4-5-15(18)16(10-11)20-2/h4-5,10,12-14,17,19H,3,6-9H2,1-2H3. The topological polar surface area (TPSA) is 21.3 Å². The van der Waals surface area contributed by atoms with Crippen molar-refractivity contribution in [1.82, 2.24) is 5.32 Å². The van der Waals surface area contributed by atoms with Crippen LogP contribution in [0.25, 0.3) is 0 Å². The lowest BCUT2D eigenvalue weighted by Gasteiger charge is -2.27. The van der Waals surface area contributed by atoms with Crippen molar-refractivity contribution in [3.63, 3.8) is 0 Å². The summed E-state index contributed by atoms with van der Waals surface area (Å²) in [6.45, 7) is 3.29. The van der Waals surface area contributed by atoms with Crippen LogP contribution in [0.5, 0.6) is 5.75 Å². The van der Waals surface area contributed by atoms with Crippen molar-refractivity contribution in [2.75, 3.05) is 13.7 Å². The van der Waals surface area contributed by atoms with E-state index in [2.05, 4.69) is 24.4 Å². The molecule has 110 valence electrons. The third-order valence-electron chi connectivity index (χ3n) is 4.90. The fourth-order valence-electron chi connectivity index (χ4n) is 3.76. The van der Waals surface area contributed by atoms with Gasteiger partial charge in [-0.3, -0.25) is 0 Å². The van der Waals surface area contributed by atoms with E-state index in [1.165, 1.54) is 31.2 Å². The number of hydrogen-bond donors (Lipinski definition) is 1. The molecular weight excluding hydrogens is 270 g/mol. The molecule has 3 atom stereocenters. The van der Waals surface area contributed by atoms with Gasteiger partial charge in [0.05, 0.1) is 12.1 Å². The number of benzene rings is 1. The van der Waals surface area contributed by atoms with Gasteiger partial charge in [0.1, 0.15) is 5.75 Å². The maximum atomic E-state index is 6.15. The van der Waals surface area contributed by atoms with E-state index in [1.54, 1.807) is 7.11 Å². The molecule has 0 aliphatic heterocycles. The summed E-state index contributed by atoms with van der Waals surface area (Å²) in [5, 5.41) is 4.44. The molecule has 0 saturated heterocycles. The average Bonchev–Trinajstić information content (AvgIpc) is 3.07. The van der Waals surface area contributed by atoms with Crippen LogP contribution in [0, 0.1) is 17.8 Å². The van der Waals surface area contributed by atoms with Crippen molar-refractivity contribution in [3.05, 3.63) is 28.8 Å². The Hall–Kier alpha value is -0.730. The molecule has 0 aromatic heterocycles. The molecule has 0 heterocycles. The van der Waals surface area contributed by atoms with E-state index in [1.807, 2.05) is 6.07 Å². The fraction of sp³-hybridized carbons (Fsp3) is 0.647. The molecule has 1 aromatic rings. The van der Waals surface area contributed by atoms with Crippen LogP contribution in [0.1, 0.15) is 44.2 Å². The number of halogens is 1. The molecule has 3 heteroatoms. The Morgan fingerprint density at radius 2 is 2.05 bits per heavy atom. The van der Waals surface area contributed by atoms with Crippen molar-refractivity contribution < 1.29 is 4.74 Å². The van der Waals surface area contributed by atoms with E-state index in [9.17, 15) is 0 Å². The lowest BCUT2D eigenvalue weighted by molar-refractivity contribution is 0.340. The van der Waals surface area contributed by atoms with E-state index in [-0.39, 0.29) is 0 Å². The van der Waals surface area contributed by atoms with Crippen LogP contribution in [-0.4, -0.2) is 13.7 Å². The van der Waals surface area contributed by atoms with Gasteiger partial charge in [-0.1, -0.05) is 24.6 Å². The molecule has 20 heavy (non-hydrogen) atoms. The van der Waals surface area contributed by atoms with E-state index in [0.717, 1.165) is 30.0 Å². The van der Waals surface area contributed by atoms with Gasteiger partial charge < -0.3 is 10.1 Å². The highest BCUT2D eigenvalue weighted by atomic mass is 35.5. The fourth-order valence-corrected chi connectivity index (χ4v) is 3.95. The average molecular weight is 294 g/mol. The SMILES string of the molecule is CCCNC(c1ccc(Cl)c(OC)c1)C1CC2CC2C1. The smallest absolute Gasteiger partial charge is 0.137 e. The number of fused-ring (bicyclic) bond motifs is 1. The first kappa shape index (κ1) is 14.2. The lowest BCUT2D eigenvalue weighted by Crippen LogP contribution is -2.28. The molecule has 3 rings (SSSR count). The molecule has 0 bridgehead atoms. The van der Waals surface area contributed by atoms with Crippen LogP contribution < -0.4 is 10.1 Å². The molecule has 2 aliphatic carbocycles. The molecule has 2 fully saturated rings. The van der Waals surface area contributed by atoms with Crippen LogP contribution in [0.2, 0.25) is 5.02 Å². The Kier molecular flexibility index (Phi) is 4.23. The Labute approximate surface area is 126 Å². The van der Waals surface area contributed by atoms with Crippen molar-refractivity contribution >= 4 is 11.6 Å². The molecule has 0 radical (unpaired) electrons. The highest BCUT2D eigenvalue weighted by Crippen LogP contribution is 2.57. The van der Waals surface area contributed by atoms with Gasteiger partial charge in [-0.15, -0.1) is 0 Å². The molecule has 0 amide bonds. The first-order chi connectivity index (χ1) is 9.72. The zero-order valence-electron chi connectivity index (χ0n) is 12.4. The summed E-state index contributed by atoms with van der Waals surface area (Å²) in [4.78, 5) is 0. The number of nitrogens with one attached hydrogen (secondary N) is 1. The van der Waals surface area contributed by atoms with E-state index in [0.29, 0.717) is 11.1 Å². The first-order valence-corrected chi connectivity index (χ1v) is 8.17. The zero-order chi connectivity index (χ0) is 14.1. The van der Waals surface area contributed by atoms with Crippen molar-refractivity contribution in [2.24, 2.45) is 17.8 Å². The maximum absolute atomic E-state index is 6.15. The minimum atomic E-state index is 0.453. The van der Waals surface area contributed by atoms with Crippen LogP contribution >= 0.6 is 11.6 Å². The van der Waals surface area contributed by atoms with Gasteiger partial charge in [-0.05, 0) is 67.7 Å². The van der Waals surface area contributed by atoms with Gasteiger partial charge in [-0.25, -0.2) is 0 Å². The monoisotopic (exact) mass is 293 g/mol. The Morgan fingerprint density at radius 3 is 2.70 bits per heavy atom. The predicted octanol–water partition coefficient (Wildman–Crippen LogP) is 4.44. The summed E-state index contributed by atoms with van der Waals surface area (Å²) < 4.78 is 5.37. The second-order valence-corrected chi connectivity index (χ2v) is 6.72.